The number of rotatable bonds is 3. The SMILES string of the molecule is CCN1NNN=C1c1cnn(CC)c1Cl. The van der Waals surface area contributed by atoms with E-state index in [1.165, 1.54) is 0 Å². The van der Waals surface area contributed by atoms with E-state index in [0.29, 0.717) is 5.15 Å². The number of nitrogens with zero attached hydrogens (tertiary/aromatic N) is 4. The number of nitrogens with one attached hydrogen (secondary N) is 2. The van der Waals surface area contributed by atoms with Crippen LogP contribution in [0.1, 0.15) is 19.4 Å². The molecule has 0 saturated carbocycles. The van der Waals surface area contributed by atoms with Crippen molar-refractivity contribution in [1.29, 1.82) is 0 Å². The monoisotopic (exact) mass is 228 g/mol. The summed E-state index contributed by atoms with van der Waals surface area (Å²) in [5.74, 6) is 0.766. The van der Waals surface area contributed by atoms with Crippen LogP contribution in [-0.2, 0) is 6.54 Å². The van der Waals surface area contributed by atoms with Gasteiger partial charge in [-0.1, -0.05) is 11.6 Å². The lowest BCUT2D eigenvalue weighted by atomic mass is 10.3. The van der Waals surface area contributed by atoms with Gasteiger partial charge in [-0.15, -0.1) is 10.6 Å². The number of aryl methyl sites for hydroxylation is 1. The zero-order valence-electron chi connectivity index (χ0n) is 8.66. The van der Waals surface area contributed by atoms with E-state index in [2.05, 4.69) is 21.3 Å². The van der Waals surface area contributed by atoms with Crippen molar-refractivity contribution in [1.82, 2.24) is 25.9 Å². The quantitative estimate of drug-likeness (QED) is 0.794. The van der Waals surface area contributed by atoms with E-state index in [1.807, 2.05) is 18.9 Å². The summed E-state index contributed by atoms with van der Waals surface area (Å²) in [7, 11) is 0. The summed E-state index contributed by atoms with van der Waals surface area (Å²) in [6.07, 6.45) is 1.72. The Bertz CT molecular complexity index is 384. The van der Waals surface area contributed by atoms with Crippen LogP contribution in [0, 0.1) is 0 Å². The zero-order chi connectivity index (χ0) is 10.8. The molecule has 0 spiro atoms. The molecule has 0 aromatic carbocycles. The number of hydrogen-bond acceptors (Lipinski definition) is 5. The van der Waals surface area contributed by atoms with Crippen LogP contribution in [0.2, 0.25) is 5.15 Å². The van der Waals surface area contributed by atoms with Gasteiger partial charge in [-0.3, -0.25) is 9.69 Å². The van der Waals surface area contributed by atoms with Gasteiger partial charge >= 0.3 is 0 Å². The van der Waals surface area contributed by atoms with Crippen LogP contribution in [0.4, 0.5) is 0 Å². The highest BCUT2D eigenvalue weighted by atomic mass is 35.5. The maximum Gasteiger partial charge on any atom is 0.177 e. The van der Waals surface area contributed by atoms with Crippen molar-refractivity contribution in [3.63, 3.8) is 0 Å². The van der Waals surface area contributed by atoms with Crippen LogP contribution in [0.3, 0.4) is 0 Å². The number of halogens is 1. The molecule has 0 amide bonds. The summed E-state index contributed by atoms with van der Waals surface area (Å²) in [6.45, 7) is 5.55. The highest BCUT2D eigenvalue weighted by Crippen LogP contribution is 2.18. The molecule has 0 fully saturated rings. The predicted octanol–water partition coefficient (Wildman–Crippen LogP) is 0.563. The van der Waals surface area contributed by atoms with Crippen molar-refractivity contribution in [2.45, 2.75) is 20.4 Å². The van der Waals surface area contributed by atoms with Gasteiger partial charge < -0.3 is 0 Å². The van der Waals surface area contributed by atoms with Gasteiger partial charge in [0, 0.05) is 13.1 Å². The number of hydrogen-bond donors (Lipinski definition) is 2. The van der Waals surface area contributed by atoms with Crippen LogP contribution < -0.4 is 11.1 Å². The normalized spacial score (nSPS) is 15.4. The first-order chi connectivity index (χ1) is 7.27. The third-order valence-electron chi connectivity index (χ3n) is 2.23. The summed E-state index contributed by atoms with van der Waals surface area (Å²) in [4.78, 5) is 0. The molecule has 15 heavy (non-hydrogen) atoms. The third-order valence-corrected chi connectivity index (χ3v) is 2.63. The number of hydrazone groups is 1. The number of hydrazine groups is 2. The van der Waals surface area contributed by atoms with Crippen molar-refractivity contribution in [3.8, 4) is 0 Å². The molecule has 0 radical (unpaired) electrons. The smallest absolute Gasteiger partial charge is 0.177 e. The maximum atomic E-state index is 6.16. The molecule has 0 aliphatic carbocycles. The van der Waals surface area contributed by atoms with Gasteiger partial charge in [0.15, 0.2) is 5.84 Å². The highest BCUT2D eigenvalue weighted by molar-refractivity contribution is 6.33. The van der Waals surface area contributed by atoms with Crippen LogP contribution >= 0.6 is 11.6 Å². The minimum Gasteiger partial charge on any atom is -0.271 e. The molecule has 0 unspecified atom stereocenters. The first-order valence-corrected chi connectivity index (χ1v) is 5.23. The molecular formula is C8H13ClN6. The zero-order valence-corrected chi connectivity index (χ0v) is 9.41. The summed E-state index contributed by atoms with van der Waals surface area (Å²) >= 11 is 6.16. The molecule has 2 rings (SSSR count). The molecule has 2 N–H and O–H groups in total. The Morgan fingerprint density at radius 3 is 2.80 bits per heavy atom. The van der Waals surface area contributed by atoms with E-state index in [1.54, 1.807) is 10.9 Å². The average Bonchev–Trinajstić information content (AvgIpc) is 2.83. The van der Waals surface area contributed by atoms with Crippen LogP contribution in [0.5, 0.6) is 0 Å². The largest absolute Gasteiger partial charge is 0.271 e. The molecule has 1 aliphatic heterocycles. The molecule has 82 valence electrons. The van der Waals surface area contributed by atoms with Gasteiger partial charge in [0.05, 0.1) is 11.8 Å². The number of aromatic nitrogens is 2. The van der Waals surface area contributed by atoms with Crippen molar-refractivity contribution in [2.75, 3.05) is 6.54 Å². The minimum atomic E-state index is 0.611. The molecule has 0 atom stereocenters. The Morgan fingerprint density at radius 1 is 1.40 bits per heavy atom. The molecule has 6 nitrogen and oxygen atoms in total. The van der Waals surface area contributed by atoms with E-state index >= 15 is 0 Å². The Morgan fingerprint density at radius 2 is 2.20 bits per heavy atom. The van der Waals surface area contributed by atoms with Gasteiger partial charge in [-0.05, 0) is 13.8 Å². The van der Waals surface area contributed by atoms with Crippen LogP contribution in [0.25, 0.3) is 0 Å². The van der Waals surface area contributed by atoms with Gasteiger partial charge in [0.25, 0.3) is 0 Å². The average molecular weight is 229 g/mol. The Kier molecular flexibility index (Phi) is 2.79. The standard InChI is InChI=1S/C8H13ClN6/c1-3-14-7(9)6(5-10-14)8-11-12-13-15(8)4-2/h5,12-13H,3-4H2,1-2H3. The van der Waals surface area contributed by atoms with Gasteiger partial charge in [-0.2, -0.15) is 5.10 Å². The Labute approximate surface area is 92.8 Å². The van der Waals surface area contributed by atoms with E-state index in [9.17, 15) is 0 Å². The third kappa shape index (κ3) is 1.66. The topological polar surface area (TPSA) is 57.5 Å². The second kappa shape index (κ2) is 4.08. The van der Waals surface area contributed by atoms with Gasteiger partial charge in [0.1, 0.15) is 5.15 Å². The summed E-state index contributed by atoms with van der Waals surface area (Å²) in [5.41, 5.74) is 6.42. The number of amidine groups is 1. The molecule has 0 bridgehead atoms. The molecule has 2 heterocycles. The lowest BCUT2D eigenvalue weighted by Crippen LogP contribution is -2.40. The highest BCUT2D eigenvalue weighted by Gasteiger charge is 2.22. The lowest BCUT2D eigenvalue weighted by Gasteiger charge is -2.15. The van der Waals surface area contributed by atoms with Crippen molar-refractivity contribution < 1.29 is 0 Å². The first kappa shape index (κ1) is 10.3. The second-order valence-electron chi connectivity index (χ2n) is 3.07. The van der Waals surface area contributed by atoms with Crippen LogP contribution in [-0.4, -0.2) is 27.2 Å². The van der Waals surface area contributed by atoms with Crippen molar-refractivity contribution in [2.24, 2.45) is 5.10 Å². The lowest BCUT2D eigenvalue weighted by molar-refractivity contribution is 0.308. The van der Waals surface area contributed by atoms with E-state index in [0.717, 1.165) is 24.5 Å². The molecule has 1 aromatic heterocycles. The maximum absolute atomic E-state index is 6.16. The van der Waals surface area contributed by atoms with E-state index in [4.69, 9.17) is 11.6 Å². The predicted molar refractivity (Wildman–Crippen MR) is 58.1 cm³/mol. The van der Waals surface area contributed by atoms with Gasteiger partial charge in [0.2, 0.25) is 0 Å². The summed E-state index contributed by atoms with van der Waals surface area (Å²) in [6, 6.07) is 0. The van der Waals surface area contributed by atoms with Crippen molar-refractivity contribution >= 4 is 17.4 Å². The van der Waals surface area contributed by atoms with E-state index in [-0.39, 0.29) is 0 Å². The molecule has 0 saturated heterocycles. The Balaban J connectivity index is 2.33. The fourth-order valence-electron chi connectivity index (χ4n) is 1.43. The second-order valence-corrected chi connectivity index (χ2v) is 3.43. The molecule has 7 heteroatoms. The summed E-state index contributed by atoms with van der Waals surface area (Å²) < 4.78 is 1.73. The molecular weight excluding hydrogens is 216 g/mol. The van der Waals surface area contributed by atoms with Crippen molar-refractivity contribution in [3.05, 3.63) is 16.9 Å². The fraction of sp³-hybridized carbons (Fsp3) is 0.500. The minimum absolute atomic E-state index is 0.611. The van der Waals surface area contributed by atoms with Crippen LogP contribution in [0.15, 0.2) is 11.3 Å². The molecule has 1 aromatic rings. The summed E-state index contributed by atoms with van der Waals surface area (Å²) in [5, 5.41) is 10.8. The fourth-order valence-corrected chi connectivity index (χ4v) is 1.72. The van der Waals surface area contributed by atoms with Gasteiger partial charge in [-0.25, -0.2) is 5.53 Å². The first-order valence-electron chi connectivity index (χ1n) is 4.85. The van der Waals surface area contributed by atoms with E-state index < -0.39 is 0 Å². The Hall–Kier alpha value is -1.27. The molecule has 1 aliphatic rings.